The second-order valence-electron chi connectivity index (χ2n) is 4.83. The summed E-state index contributed by atoms with van der Waals surface area (Å²) in [5.41, 5.74) is 2.00. The van der Waals surface area contributed by atoms with Crippen molar-refractivity contribution >= 4 is 27.7 Å². The quantitative estimate of drug-likeness (QED) is 0.805. The van der Waals surface area contributed by atoms with Crippen molar-refractivity contribution in [1.82, 2.24) is 0 Å². The average molecular weight is 348 g/mol. The zero-order valence-electron chi connectivity index (χ0n) is 12.1. The van der Waals surface area contributed by atoms with Crippen molar-refractivity contribution in [2.75, 3.05) is 12.0 Å². The van der Waals surface area contributed by atoms with Crippen LogP contribution in [0.15, 0.2) is 59.1 Å². The standard InChI is InChI=1S/C17H18BrNO2/c1-13(12-14-8-4-3-5-9-14)19(17(20)21-2)16-11-7-6-10-15(16)18/h3-11,13H,12H2,1-2H3. The van der Waals surface area contributed by atoms with Crippen LogP contribution in [0.4, 0.5) is 10.5 Å². The largest absolute Gasteiger partial charge is 0.452 e. The molecule has 0 spiro atoms. The van der Waals surface area contributed by atoms with E-state index in [-0.39, 0.29) is 12.1 Å². The summed E-state index contributed by atoms with van der Waals surface area (Å²) in [4.78, 5) is 13.9. The number of para-hydroxylation sites is 1. The molecule has 0 heterocycles. The lowest BCUT2D eigenvalue weighted by Gasteiger charge is -2.29. The number of hydrogen-bond acceptors (Lipinski definition) is 2. The maximum absolute atomic E-state index is 12.2. The molecule has 0 aliphatic heterocycles. The summed E-state index contributed by atoms with van der Waals surface area (Å²) >= 11 is 3.50. The molecule has 110 valence electrons. The van der Waals surface area contributed by atoms with Gasteiger partial charge in [-0.1, -0.05) is 42.5 Å². The van der Waals surface area contributed by atoms with Gasteiger partial charge in [-0.3, -0.25) is 4.90 Å². The molecule has 3 nitrogen and oxygen atoms in total. The van der Waals surface area contributed by atoms with Gasteiger partial charge in [-0.15, -0.1) is 0 Å². The van der Waals surface area contributed by atoms with Crippen molar-refractivity contribution in [2.24, 2.45) is 0 Å². The van der Waals surface area contributed by atoms with Gasteiger partial charge in [-0.05, 0) is 47.0 Å². The van der Waals surface area contributed by atoms with E-state index in [2.05, 4.69) is 28.1 Å². The first-order valence-electron chi connectivity index (χ1n) is 6.79. The molecule has 0 aliphatic carbocycles. The Labute approximate surface area is 133 Å². The van der Waals surface area contributed by atoms with Crippen LogP contribution in [0.25, 0.3) is 0 Å². The number of anilines is 1. The molecule has 21 heavy (non-hydrogen) atoms. The average Bonchev–Trinajstić information content (AvgIpc) is 2.50. The molecule has 0 fully saturated rings. The fourth-order valence-corrected chi connectivity index (χ4v) is 2.78. The summed E-state index contributed by atoms with van der Waals surface area (Å²) < 4.78 is 5.82. The highest BCUT2D eigenvalue weighted by molar-refractivity contribution is 9.10. The number of carbonyl (C=O) groups excluding carboxylic acids is 1. The van der Waals surface area contributed by atoms with Gasteiger partial charge in [0.05, 0.1) is 12.8 Å². The van der Waals surface area contributed by atoms with E-state index in [1.165, 1.54) is 12.7 Å². The molecule has 0 aromatic heterocycles. The number of methoxy groups -OCH3 is 1. The van der Waals surface area contributed by atoms with Gasteiger partial charge in [0.1, 0.15) is 0 Å². The van der Waals surface area contributed by atoms with Gasteiger partial charge >= 0.3 is 6.09 Å². The van der Waals surface area contributed by atoms with Crippen LogP contribution in [0.1, 0.15) is 12.5 Å². The molecule has 2 rings (SSSR count). The van der Waals surface area contributed by atoms with Crippen molar-refractivity contribution in [1.29, 1.82) is 0 Å². The summed E-state index contributed by atoms with van der Waals surface area (Å²) in [5, 5.41) is 0. The van der Waals surface area contributed by atoms with E-state index < -0.39 is 0 Å². The summed E-state index contributed by atoms with van der Waals surface area (Å²) in [6, 6.07) is 17.8. The smallest absolute Gasteiger partial charge is 0.414 e. The van der Waals surface area contributed by atoms with E-state index in [0.29, 0.717) is 0 Å². The first-order chi connectivity index (χ1) is 10.1. The third-order valence-electron chi connectivity index (χ3n) is 3.30. The molecule has 1 amide bonds. The Balaban J connectivity index is 2.28. The third-order valence-corrected chi connectivity index (χ3v) is 3.97. The normalized spacial score (nSPS) is 11.8. The number of hydrogen-bond donors (Lipinski definition) is 0. The van der Waals surface area contributed by atoms with E-state index in [1.807, 2.05) is 49.4 Å². The van der Waals surface area contributed by atoms with E-state index in [9.17, 15) is 4.79 Å². The number of halogens is 1. The molecule has 2 aromatic carbocycles. The van der Waals surface area contributed by atoms with Crippen molar-refractivity contribution in [3.8, 4) is 0 Å². The molecule has 0 bridgehead atoms. The fourth-order valence-electron chi connectivity index (χ4n) is 2.31. The number of rotatable bonds is 4. The zero-order valence-corrected chi connectivity index (χ0v) is 13.7. The van der Waals surface area contributed by atoms with Crippen molar-refractivity contribution in [2.45, 2.75) is 19.4 Å². The van der Waals surface area contributed by atoms with Crippen molar-refractivity contribution < 1.29 is 9.53 Å². The number of carbonyl (C=O) groups is 1. The molecule has 1 atom stereocenters. The minimum atomic E-state index is -0.356. The Morgan fingerprint density at radius 1 is 1.14 bits per heavy atom. The molecule has 1 unspecified atom stereocenters. The van der Waals surface area contributed by atoms with E-state index in [1.54, 1.807) is 4.90 Å². The van der Waals surface area contributed by atoms with Gasteiger partial charge in [0.15, 0.2) is 0 Å². The van der Waals surface area contributed by atoms with Crippen LogP contribution in [0.3, 0.4) is 0 Å². The summed E-state index contributed by atoms with van der Waals surface area (Å²) in [5.74, 6) is 0. The molecular formula is C17H18BrNO2. The maximum Gasteiger partial charge on any atom is 0.414 e. The van der Waals surface area contributed by atoms with E-state index in [4.69, 9.17) is 4.74 Å². The molecule has 0 radical (unpaired) electrons. The highest BCUT2D eigenvalue weighted by Gasteiger charge is 2.24. The second kappa shape index (κ2) is 7.27. The Morgan fingerprint density at radius 2 is 1.76 bits per heavy atom. The predicted octanol–water partition coefficient (Wildman–Crippen LogP) is 4.65. The Hall–Kier alpha value is -1.81. The summed E-state index contributed by atoms with van der Waals surface area (Å²) in [6.45, 7) is 2.02. The number of ether oxygens (including phenoxy) is 1. The summed E-state index contributed by atoms with van der Waals surface area (Å²) in [7, 11) is 1.40. The Morgan fingerprint density at radius 3 is 2.38 bits per heavy atom. The summed E-state index contributed by atoms with van der Waals surface area (Å²) in [6.07, 6.45) is 0.405. The fraction of sp³-hybridized carbons (Fsp3) is 0.235. The van der Waals surface area contributed by atoms with Crippen LogP contribution < -0.4 is 4.90 Å². The second-order valence-corrected chi connectivity index (χ2v) is 5.68. The van der Waals surface area contributed by atoms with E-state index in [0.717, 1.165) is 16.6 Å². The third kappa shape index (κ3) is 3.85. The number of amides is 1. The van der Waals surface area contributed by atoms with Gasteiger partial charge in [0.25, 0.3) is 0 Å². The lowest BCUT2D eigenvalue weighted by molar-refractivity contribution is 0.176. The zero-order chi connectivity index (χ0) is 15.2. The predicted molar refractivity (Wildman–Crippen MR) is 88.6 cm³/mol. The molecular weight excluding hydrogens is 330 g/mol. The first kappa shape index (κ1) is 15.6. The SMILES string of the molecule is COC(=O)N(c1ccccc1Br)C(C)Cc1ccccc1. The minimum absolute atomic E-state index is 0.0152. The lowest BCUT2D eigenvalue weighted by Crippen LogP contribution is -2.40. The van der Waals surface area contributed by atoms with Crippen LogP contribution in [0.5, 0.6) is 0 Å². The van der Waals surface area contributed by atoms with Crippen LogP contribution in [0, 0.1) is 0 Å². The van der Waals surface area contributed by atoms with Crippen molar-refractivity contribution in [3.63, 3.8) is 0 Å². The molecule has 4 heteroatoms. The van der Waals surface area contributed by atoms with E-state index >= 15 is 0 Å². The Bertz CT molecular complexity index is 601. The van der Waals surface area contributed by atoms with Gasteiger partial charge in [0, 0.05) is 10.5 Å². The van der Waals surface area contributed by atoms with Crippen LogP contribution in [0.2, 0.25) is 0 Å². The maximum atomic E-state index is 12.2. The van der Waals surface area contributed by atoms with Gasteiger partial charge < -0.3 is 4.74 Å². The Kier molecular flexibility index (Phi) is 5.39. The molecule has 0 aliphatic rings. The van der Waals surface area contributed by atoms with Gasteiger partial charge in [-0.2, -0.15) is 0 Å². The van der Waals surface area contributed by atoms with Crippen molar-refractivity contribution in [3.05, 3.63) is 64.6 Å². The molecule has 0 saturated heterocycles. The number of nitrogens with zero attached hydrogens (tertiary/aromatic N) is 1. The molecule has 0 saturated carbocycles. The van der Waals surface area contributed by atoms with Gasteiger partial charge in [-0.25, -0.2) is 4.79 Å². The number of benzene rings is 2. The topological polar surface area (TPSA) is 29.5 Å². The van der Waals surface area contributed by atoms with Crippen LogP contribution in [-0.2, 0) is 11.2 Å². The van der Waals surface area contributed by atoms with Gasteiger partial charge in [0.2, 0.25) is 0 Å². The molecule has 0 N–H and O–H groups in total. The van der Waals surface area contributed by atoms with Crippen LogP contribution >= 0.6 is 15.9 Å². The highest BCUT2D eigenvalue weighted by atomic mass is 79.9. The monoisotopic (exact) mass is 347 g/mol. The minimum Gasteiger partial charge on any atom is -0.452 e. The highest BCUT2D eigenvalue weighted by Crippen LogP contribution is 2.28. The molecule has 2 aromatic rings. The van der Waals surface area contributed by atoms with Crippen LogP contribution in [-0.4, -0.2) is 19.2 Å². The first-order valence-corrected chi connectivity index (χ1v) is 7.58. The lowest BCUT2D eigenvalue weighted by atomic mass is 10.1.